The zero-order chi connectivity index (χ0) is 7.28. The standard InChI is InChI=1S/C5H11NO2Se/c1-6-4(3-9)5(7)8-2/h4,6,9H,3H2,1-2H3. The molecule has 0 bridgehead atoms. The van der Waals surface area contributed by atoms with Crippen LogP contribution in [0.25, 0.3) is 0 Å². The molecular formula is C5H11NO2Se. The molecule has 54 valence electrons. The van der Waals surface area contributed by atoms with E-state index in [1.54, 1.807) is 7.05 Å². The van der Waals surface area contributed by atoms with Gasteiger partial charge in [0.25, 0.3) is 0 Å². The van der Waals surface area contributed by atoms with E-state index in [0.717, 1.165) is 0 Å². The summed E-state index contributed by atoms with van der Waals surface area (Å²) < 4.78 is 4.48. The first-order valence-electron chi connectivity index (χ1n) is 2.62. The zero-order valence-corrected chi connectivity index (χ0v) is 7.42. The second kappa shape index (κ2) is 4.79. The van der Waals surface area contributed by atoms with Gasteiger partial charge in [-0.05, 0) is 0 Å². The Hall–Kier alpha value is -0.0505. The molecule has 0 aromatic carbocycles. The average molecular weight is 196 g/mol. The van der Waals surface area contributed by atoms with Crippen LogP contribution in [0.4, 0.5) is 0 Å². The van der Waals surface area contributed by atoms with Gasteiger partial charge in [-0.15, -0.1) is 0 Å². The van der Waals surface area contributed by atoms with Gasteiger partial charge >= 0.3 is 62.3 Å². The third-order valence-electron chi connectivity index (χ3n) is 1.02. The van der Waals surface area contributed by atoms with Crippen LogP contribution in [0.1, 0.15) is 0 Å². The van der Waals surface area contributed by atoms with E-state index in [1.807, 2.05) is 0 Å². The number of hydrogen-bond acceptors (Lipinski definition) is 3. The van der Waals surface area contributed by atoms with Crippen LogP contribution in [-0.4, -0.2) is 42.2 Å². The molecule has 0 heterocycles. The quantitative estimate of drug-likeness (QED) is 0.468. The summed E-state index contributed by atoms with van der Waals surface area (Å²) in [7, 11) is 3.12. The summed E-state index contributed by atoms with van der Waals surface area (Å²) in [5, 5.41) is 3.52. The Morgan fingerprint density at radius 1 is 1.89 bits per heavy atom. The van der Waals surface area contributed by atoms with Crippen LogP contribution in [0.15, 0.2) is 0 Å². The molecule has 1 unspecified atom stereocenters. The number of esters is 1. The minimum absolute atomic E-state index is 0.171. The molecule has 0 aromatic heterocycles. The number of methoxy groups -OCH3 is 1. The number of likely N-dealkylation sites (N-methyl/N-ethyl adjacent to an activating group) is 1. The van der Waals surface area contributed by atoms with E-state index >= 15 is 0 Å². The van der Waals surface area contributed by atoms with Gasteiger partial charge in [0.05, 0.1) is 0 Å². The third kappa shape index (κ3) is 2.84. The molecule has 0 radical (unpaired) electrons. The zero-order valence-electron chi connectivity index (χ0n) is 5.55. The van der Waals surface area contributed by atoms with Crippen molar-refractivity contribution in [1.29, 1.82) is 0 Å². The van der Waals surface area contributed by atoms with Crippen molar-refractivity contribution >= 4 is 22.0 Å². The molecule has 0 spiro atoms. The normalized spacial score (nSPS) is 12.8. The number of carbonyl (C=O) groups excluding carboxylic acids is 1. The van der Waals surface area contributed by atoms with Gasteiger partial charge in [-0.3, -0.25) is 0 Å². The van der Waals surface area contributed by atoms with Gasteiger partial charge in [-0.2, -0.15) is 0 Å². The average Bonchev–Trinajstić information content (AvgIpc) is 1.90. The van der Waals surface area contributed by atoms with Crippen molar-refractivity contribution in [2.75, 3.05) is 14.2 Å². The topological polar surface area (TPSA) is 38.3 Å². The Labute approximate surface area is 63.0 Å². The Morgan fingerprint density at radius 3 is 2.56 bits per heavy atom. The summed E-state index contributed by atoms with van der Waals surface area (Å²) in [6.07, 6.45) is 0. The van der Waals surface area contributed by atoms with Gasteiger partial charge in [0.1, 0.15) is 0 Å². The van der Waals surface area contributed by atoms with Crippen LogP contribution in [0.3, 0.4) is 0 Å². The molecule has 0 rings (SSSR count). The molecule has 0 saturated heterocycles. The summed E-state index contributed by atoms with van der Waals surface area (Å²) in [6, 6.07) is -0.171. The van der Waals surface area contributed by atoms with E-state index in [2.05, 4.69) is 26.1 Å². The van der Waals surface area contributed by atoms with Gasteiger partial charge in [-0.25, -0.2) is 0 Å². The number of nitrogens with one attached hydrogen (secondary N) is 1. The van der Waals surface area contributed by atoms with Crippen molar-refractivity contribution in [3.05, 3.63) is 0 Å². The van der Waals surface area contributed by atoms with Crippen molar-refractivity contribution in [3.63, 3.8) is 0 Å². The maximum atomic E-state index is 10.7. The molecule has 0 amide bonds. The van der Waals surface area contributed by atoms with Gasteiger partial charge in [0.2, 0.25) is 0 Å². The van der Waals surface area contributed by atoms with Crippen LogP contribution < -0.4 is 5.32 Å². The molecule has 0 aromatic rings. The monoisotopic (exact) mass is 197 g/mol. The summed E-state index contributed by atoms with van der Waals surface area (Å²) in [5.74, 6) is -0.210. The molecule has 0 aliphatic rings. The predicted octanol–water partition coefficient (Wildman–Crippen LogP) is -0.934. The molecule has 1 N–H and O–H groups in total. The van der Waals surface area contributed by atoms with Crippen LogP contribution in [-0.2, 0) is 9.53 Å². The van der Waals surface area contributed by atoms with E-state index in [1.165, 1.54) is 7.11 Å². The van der Waals surface area contributed by atoms with Crippen LogP contribution in [0.5, 0.6) is 0 Å². The Balaban J connectivity index is 3.64. The first-order valence-corrected chi connectivity index (χ1v) is 3.95. The Bertz CT molecular complexity index is 93.0. The summed E-state index contributed by atoms with van der Waals surface area (Å²) in [5.41, 5.74) is 0. The number of rotatable bonds is 3. The van der Waals surface area contributed by atoms with Crippen LogP contribution in [0, 0.1) is 0 Å². The number of ether oxygens (including phenoxy) is 1. The summed E-state index contributed by atoms with van der Waals surface area (Å²) in [4.78, 5) is 10.7. The first kappa shape index (κ1) is 8.95. The minimum atomic E-state index is -0.210. The molecule has 1 atom stereocenters. The second-order valence-corrected chi connectivity index (χ2v) is 2.31. The van der Waals surface area contributed by atoms with Crippen molar-refractivity contribution in [1.82, 2.24) is 5.32 Å². The van der Waals surface area contributed by atoms with Crippen molar-refractivity contribution in [3.8, 4) is 0 Å². The summed E-state index contributed by atoms with van der Waals surface area (Å²) >= 11 is 2.34. The van der Waals surface area contributed by atoms with Gasteiger partial charge < -0.3 is 0 Å². The van der Waals surface area contributed by atoms with E-state index in [4.69, 9.17) is 0 Å². The third-order valence-corrected chi connectivity index (χ3v) is 1.78. The SMILES string of the molecule is CNC(C[SeH])C(=O)OC. The molecule has 4 heteroatoms. The summed E-state index contributed by atoms with van der Waals surface area (Å²) in [6.45, 7) is 0. The molecule has 3 nitrogen and oxygen atoms in total. The Kier molecular flexibility index (Phi) is 4.77. The van der Waals surface area contributed by atoms with E-state index in [0.29, 0.717) is 5.32 Å². The second-order valence-electron chi connectivity index (χ2n) is 1.55. The number of hydrogen-bond donors (Lipinski definition) is 1. The number of carbonyl (C=O) groups is 1. The fourth-order valence-corrected chi connectivity index (χ4v) is 1.12. The van der Waals surface area contributed by atoms with Gasteiger partial charge in [0.15, 0.2) is 0 Å². The van der Waals surface area contributed by atoms with Crippen molar-refractivity contribution < 1.29 is 9.53 Å². The molecule has 0 fully saturated rings. The van der Waals surface area contributed by atoms with Crippen LogP contribution in [0.2, 0.25) is 5.32 Å². The molecular weight excluding hydrogens is 185 g/mol. The first-order chi connectivity index (χ1) is 4.26. The van der Waals surface area contributed by atoms with E-state index < -0.39 is 0 Å². The Morgan fingerprint density at radius 2 is 2.44 bits per heavy atom. The molecule has 0 saturated carbocycles. The van der Waals surface area contributed by atoms with Gasteiger partial charge in [0, 0.05) is 0 Å². The fourth-order valence-electron chi connectivity index (χ4n) is 0.426. The fraction of sp³-hybridized carbons (Fsp3) is 0.800. The van der Waals surface area contributed by atoms with E-state index in [9.17, 15) is 4.79 Å². The van der Waals surface area contributed by atoms with Gasteiger partial charge in [-0.1, -0.05) is 0 Å². The van der Waals surface area contributed by atoms with Crippen LogP contribution >= 0.6 is 0 Å². The van der Waals surface area contributed by atoms with Crippen molar-refractivity contribution in [2.45, 2.75) is 11.4 Å². The molecule has 0 aliphatic heterocycles. The van der Waals surface area contributed by atoms with Crippen molar-refractivity contribution in [2.24, 2.45) is 0 Å². The van der Waals surface area contributed by atoms with E-state index in [-0.39, 0.29) is 12.0 Å². The molecule has 0 aliphatic carbocycles. The maximum absolute atomic E-state index is 10.7. The predicted molar refractivity (Wildman–Crippen MR) is 36.8 cm³/mol. The molecule has 9 heavy (non-hydrogen) atoms.